The van der Waals surface area contributed by atoms with Crippen LogP contribution >= 0.6 is 0 Å². The van der Waals surface area contributed by atoms with Crippen molar-refractivity contribution in [1.82, 2.24) is 13.8 Å². The van der Waals surface area contributed by atoms with Crippen molar-refractivity contribution >= 4 is 37.6 Å². The molecule has 1 saturated heterocycles. The zero-order valence-electron chi connectivity index (χ0n) is 19.4. The van der Waals surface area contributed by atoms with E-state index >= 15 is 0 Å². The van der Waals surface area contributed by atoms with Crippen LogP contribution in [0.1, 0.15) is 6.42 Å². The second-order valence-corrected chi connectivity index (χ2v) is 10.6. The van der Waals surface area contributed by atoms with E-state index in [2.05, 4.69) is 0 Å². The molecule has 3 aromatic carbocycles. The van der Waals surface area contributed by atoms with Gasteiger partial charge in [-0.15, -0.1) is 0 Å². The highest BCUT2D eigenvalue weighted by Gasteiger charge is 2.40. The number of nitrogens with zero attached hydrogens (tertiary/aromatic N) is 3. The Balaban J connectivity index is 1.41. The first kappa shape index (κ1) is 23.1. The van der Waals surface area contributed by atoms with Crippen molar-refractivity contribution in [2.45, 2.75) is 24.0 Å². The molecule has 35 heavy (non-hydrogen) atoms. The van der Waals surface area contributed by atoms with E-state index in [1.165, 1.54) is 18.0 Å². The highest BCUT2D eigenvalue weighted by Crippen LogP contribution is 2.28. The molecule has 1 amide bonds. The highest BCUT2D eigenvalue weighted by atomic mass is 32.2. The van der Waals surface area contributed by atoms with Gasteiger partial charge in [-0.2, -0.15) is 4.31 Å². The van der Waals surface area contributed by atoms with E-state index in [1.54, 1.807) is 42.0 Å². The smallest absolute Gasteiger partial charge is 0.252 e. The molecule has 1 fully saturated rings. The average molecular weight is 492 g/mol. The number of pyridine rings is 1. The van der Waals surface area contributed by atoms with Crippen LogP contribution in [0.5, 0.6) is 5.75 Å². The summed E-state index contributed by atoms with van der Waals surface area (Å²) in [6, 6.07) is 20.2. The Hall–Kier alpha value is -3.69. The Morgan fingerprint density at radius 3 is 2.49 bits per heavy atom. The summed E-state index contributed by atoms with van der Waals surface area (Å²) in [5.41, 5.74) is 0.510. The predicted octanol–water partition coefficient (Wildman–Crippen LogP) is 3.04. The van der Waals surface area contributed by atoms with Gasteiger partial charge in [-0.1, -0.05) is 30.3 Å². The number of aromatic nitrogens is 1. The minimum Gasteiger partial charge on any atom is -0.497 e. The molecule has 1 aliphatic heterocycles. The second kappa shape index (κ2) is 8.83. The Kier molecular flexibility index (Phi) is 5.82. The van der Waals surface area contributed by atoms with E-state index in [-0.39, 0.29) is 23.0 Å². The van der Waals surface area contributed by atoms with Crippen LogP contribution in [0.25, 0.3) is 21.7 Å². The monoisotopic (exact) mass is 491 g/mol. The number of likely N-dealkylation sites (tertiary alicyclic amines) is 1. The minimum atomic E-state index is -3.93. The molecule has 8 nitrogen and oxygen atoms in total. The van der Waals surface area contributed by atoms with Crippen LogP contribution in [-0.4, -0.2) is 54.8 Å². The van der Waals surface area contributed by atoms with Crippen LogP contribution < -0.4 is 10.3 Å². The molecule has 1 aliphatic rings. The average Bonchev–Trinajstić information content (AvgIpc) is 3.24. The molecule has 2 heterocycles. The molecule has 0 radical (unpaired) electrons. The summed E-state index contributed by atoms with van der Waals surface area (Å²) in [6.45, 7) is 0.424. The standard InChI is InChI=1S/C26H25N3O5S/c1-27(35(32,33)22-11-8-18-7-10-21(34-2)15-20(18)16-22)24-13-14-28(26(24)31)17-29-23-6-4-3-5-19(23)9-12-25(29)30/h3-12,15-16,24H,13-14,17H2,1-2H3/t24-/m0/s1. The molecule has 0 bridgehead atoms. The second-order valence-electron chi connectivity index (χ2n) is 8.60. The van der Waals surface area contributed by atoms with Crippen molar-refractivity contribution in [2.75, 3.05) is 20.7 Å². The molecule has 9 heteroatoms. The number of rotatable bonds is 6. The van der Waals surface area contributed by atoms with Gasteiger partial charge in [-0.05, 0) is 59.0 Å². The molecular weight excluding hydrogens is 466 g/mol. The highest BCUT2D eigenvalue weighted by molar-refractivity contribution is 7.89. The fraction of sp³-hybridized carbons (Fsp3) is 0.231. The summed E-state index contributed by atoms with van der Waals surface area (Å²) in [5.74, 6) is 0.309. The molecule has 4 aromatic rings. The van der Waals surface area contributed by atoms with Crippen LogP contribution in [0, 0.1) is 0 Å². The first-order chi connectivity index (χ1) is 16.8. The van der Waals surface area contributed by atoms with Crippen LogP contribution in [0.15, 0.2) is 82.5 Å². The van der Waals surface area contributed by atoms with Crippen molar-refractivity contribution in [1.29, 1.82) is 0 Å². The Bertz CT molecular complexity index is 1610. The molecule has 0 spiro atoms. The maximum Gasteiger partial charge on any atom is 0.252 e. The molecule has 0 aliphatic carbocycles. The fourth-order valence-corrected chi connectivity index (χ4v) is 5.96. The number of ether oxygens (including phenoxy) is 1. The van der Waals surface area contributed by atoms with E-state index in [1.807, 2.05) is 36.4 Å². The van der Waals surface area contributed by atoms with Gasteiger partial charge in [0.1, 0.15) is 18.5 Å². The first-order valence-electron chi connectivity index (χ1n) is 11.2. The van der Waals surface area contributed by atoms with E-state index in [0.717, 1.165) is 26.0 Å². The largest absolute Gasteiger partial charge is 0.497 e. The molecular formula is C26H25N3O5S. The number of methoxy groups -OCH3 is 1. The number of amides is 1. The summed E-state index contributed by atoms with van der Waals surface area (Å²) in [7, 11) is -0.942. The summed E-state index contributed by atoms with van der Waals surface area (Å²) in [5, 5.41) is 2.51. The van der Waals surface area contributed by atoms with Crippen molar-refractivity contribution in [3.8, 4) is 5.75 Å². The number of hydrogen-bond donors (Lipinski definition) is 0. The van der Waals surface area contributed by atoms with Crippen LogP contribution in [0.4, 0.5) is 0 Å². The summed E-state index contributed by atoms with van der Waals surface area (Å²) < 4.78 is 34.8. The quantitative estimate of drug-likeness (QED) is 0.414. The third-order valence-electron chi connectivity index (χ3n) is 6.62. The number of hydrogen-bond acceptors (Lipinski definition) is 5. The molecule has 1 atom stereocenters. The Morgan fingerprint density at radius 2 is 1.69 bits per heavy atom. The van der Waals surface area contributed by atoms with Gasteiger partial charge in [0.15, 0.2) is 0 Å². The maximum atomic E-state index is 13.4. The molecule has 180 valence electrons. The number of para-hydroxylation sites is 1. The van der Waals surface area contributed by atoms with Crippen molar-refractivity contribution in [3.05, 3.63) is 83.2 Å². The zero-order valence-corrected chi connectivity index (χ0v) is 20.2. The van der Waals surface area contributed by atoms with E-state index in [4.69, 9.17) is 4.74 Å². The Labute approximate surface area is 203 Å². The van der Waals surface area contributed by atoms with Crippen molar-refractivity contribution in [3.63, 3.8) is 0 Å². The predicted molar refractivity (Wildman–Crippen MR) is 134 cm³/mol. The minimum absolute atomic E-state index is 0.0686. The first-order valence-corrected chi connectivity index (χ1v) is 12.7. The topological polar surface area (TPSA) is 88.9 Å². The van der Waals surface area contributed by atoms with Gasteiger partial charge in [0.05, 0.1) is 17.5 Å². The lowest BCUT2D eigenvalue weighted by Gasteiger charge is -2.24. The van der Waals surface area contributed by atoms with Gasteiger partial charge in [-0.3, -0.25) is 14.2 Å². The lowest BCUT2D eigenvalue weighted by atomic mass is 10.1. The number of sulfonamides is 1. The molecule has 0 saturated carbocycles. The number of benzene rings is 3. The van der Waals surface area contributed by atoms with E-state index < -0.39 is 16.1 Å². The van der Waals surface area contributed by atoms with Crippen LogP contribution in [-0.2, 0) is 21.5 Å². The van der Waals surface area contributed by atoms with Gasteiger partial charge in [0, 0.05) is 19.7 Å². The lowest BCUT2D eigenvalue weighted by molar-refractivity contribution is -0.132. The third-order valence-corrected chi connectivity index (χ3v) is 8.48. The maximum absolute atomic E-state index is 13.4. The van der Waals surface area contributed by atoms with Crippen LogP contribution in [0.3, 0.4) is 0 Å². The fourth-order valence-electron chi connectivity index (χ4n) is 4.58. The van der Waals surface area contributed by atoms with Gasteiger partial charge >= 0.3 is 0 Å². The molecule has 0 unspecified atom stereocenters. The number of likely N-dealkylation sites (N-methyl/N-ethyl adjacent to an activating group) is 1. The number of carbonyl (C=O) groups excluding carboxylic acids is 1. The van der Waals surface area contributed by atoms with Crippen LogP contribution in [0.2, 0.25) is 0 Å². The molecule has 1 aromatic heterocycles. The summed E-state index contributed by atoms with van der Waals surface area (Å²) in [6.07, 6.45) is 0.343. The summed E-state index contributed by atoms with van der Waals surface area (Å²) in [4.78, 5) is 27.5. The van der Waals surface area contributed by atoms with E-state index in [9.17, 15) is 18.0 Å². The summed E-state index contributed by atoms with van der Waals surface area (Å²) >= 11 is 0. The van der Waals surface area contributed by atoms with Gasteiger partial charge < -0.3 is 9.64 Å². The number of carbonyl (C=O) groups is 1. The zero-order chi connectivity index (χ0) is 24.7. The van der Waals surface area contributed by atoms with Crippen molar-refractivity contribution in [2.24, 2.45) is 0 Å². The van der Waals surface area contributed by atoms with Gasteiger partial charge in [0.2, 0.25) is 15.9 Å². The number of fused-ring (bicyclic) bond motifs is 2. The molecule has 5 rings (SSSR count). The molecule has 0 N–H and O–H groups in total. The Morgan fingerprint density at radius 1 is 0.943 bits per heavy atom. The normalized spacial score (nSPS) is 16.5. The van der Waals surface area contributed by atoms with E-state index in [0.29, 0.717) is 18.7 Å². The third kappa shape index (κ3) is 4.06. The lowest BCUT2D eigenvalue weighted by Crippen LogP contribution is -2.43. The van der Waals surface area contributed by atoms with Crippen molar-refractivity contribution < 1.29 is 17.9 Å². The SMILES string of the molecule is COc1ccc2ccc(S(=O)(=O)N(C)[C@H]3CCN(Cn4c(=O)ccc5ccccc54)C3=O)cc2c1. The van der Waals surface area contributed by atoms with Gasteiger partial charge in [-0.25, -0.2) is 8.42 Å². The van der Waals surface area contributed by atoms with Gasteiger partial charge in [0.25, 0.3) is 5.56 Å².